The van der Waals surface area contributed by atoms with Crippen LogP contribution in [0.5, 0.6) is 0 Å². The van der Waals surface area contributed by atoms with Gasteiger partial charge in [0, 0.05) is 12.6 Å². The zero-order valence-electron chi connectivity index (χ0n) is 11.6. The fraction of sp³-hybridized carbons (Fsp3) is 0.600. The minimum atomic E-state index is -4.52. The summed E-state index contributed by atoms with van der Waals surface area (Å²) in [6.07, 6.45) is -2.45. The molecule has 1 nitrogen and oxygen atoms in total. The highest BCUT2D eigenvalue weighted by atomic mass is 19.4. The standard InChI is InChI=1S/C15H19F4N/c1-9-3-6-14(10(9)2)20-8-11-4-5-12(16)7-13(11)15(17,18)19/h4-5,7,9-10,14,20H,3,6,8H2,1-2H3. The molecule has 1 aliphatic rings. The Morgan fingerprint density at radius 3 is 2.45 bits per heavy atom. The smallest absolute Gasteiger partial charge is 0.310 e. The summed E-state index contributed by atoms with van der Waals surface area (Å²) in [5.74, 6) is 0.177. The molecule has 0 bridgehead atoms. The fourth-order valence-corrected chi connectivity index (χ4v) is 2.86. The molecule has 3 atom stereocenters. The maximum atomic E-state index is 13.0. The van der Waals surface area contributed by atoms with Gasteiger partial charge in [0.05, 0.1) is 5.56 Å². The molecule has 1 N–H and O–H groups in total. The van der Waals surface area contributed by atoms with E-state index >= 15 is 0 Å². The maximum absolute atomic E-state index is 13.0. The molecule has 1 aromatic carbocycles. The van der Waals surface area contributed by atoms with Crippen molar-refractivity contribution >= 4 is 0 Å². The van der Waals surface area contributed by atoms with E-state index in [2.05, 4.69) is 19.2 Å². The molecule has 0 radical (unpaired) electrons. The van der Waals surface area contributed by atoms with E-state index in [9.17, 15) is 17.6 Å². The summed E-state index contributed by atoms with van der Waals surface area (Å²) in [7, 11) is 0. The van der Waals surface area contributed by atoms with E-state index in [4.69, 9.17) is 0 Å². The van der Waals surface area contributed by atoms with Crippen LogP contribution in [-0.4, -0.2) is 6.04 Å². The number of alkyl halides is 3. The molecule has 0 aromatic heterocycles. The fourth-order valence-electron chi connectivity index (χ4n) is 2.86. The number of nitrogens with one attached hydrogen (secondary N) is 1. The third-order valence-electron chi connectivity index (χ3n) is 4.40. The molecule has 0 amide bonds. The SMILES string of the molecule is CC1CCC(NCc2ccc(F)cc2C(F)(F)F)C1C. The molecule has 1 fully saturated rings. The molecular weight excluding hydrogens is 270 g/mol. The lowest BCUT2D eigenvalue weighted by Crippen LogP contribution is -2.32. The molecule has 5 heteroatoms. The van der Waals surface area contributed by atoms with Crippen LogP contribution in [0.1, 0.15) is 37.8 Å². The largest absolute Gasteiger partial charge is 0.416 e. The molecule has 3 unspecified atom stereocenters. The Kier molecular flexibility index (Phi) is 4.37. The van der Waals surface area contributed by atoms with Gasteiger partial charge in [-0.3, -0.25) is 0 Å². The predicted molar refractivity (Wildman–Crippen MR) is 69.6 cm³/mol. The van der Waals surface area contributed by atoms with Crippen molar-refractivity contribution in [2.45, 2.75) is 45.5 Å². The van der Waals surface area contributed by atoms with Crippen LogP contribution in [0.15, 0.2) is 18.2 Å². The zero-order valence-corrected chi connectivity index (χ0v) is 11.6. The Balaban J connectivity index is 2.10. The first-order chi connectivity index (χ1) is 9.29. The van der Waals surface area contributed by atoms with Gasteiger partial charge in [-0.25, -0.2) is 4.39 Å². The van der Waals surface area contributed by atoms with E-state index in [0.29, 0.717) is 17.9 Å². The normalized spacial score (nSPS) is 27.0. The van der Waals surface area contributed by atoms with Crippen LogP contribution < -0.4 is 5.32 Å². The minimum absolute atomic E-state index is 0.102. The van der Waals surface area contributed by atoms with Crippen LogP contribution in [0.25, 0.3) is 0 Å². The minimum Gasteiger partial charge on any atom is -0.310 e. The van der Waals surface area contributed by atoms with Crippen molar-refractivity contribution < 1.29 is 17.6 Å². The van der Waals surface area contributed by atoms with Crippen molar-refractivity contribution in [3.05, 3.63) is 35.1 Å². The Bertz CT molecular complexity index is 469. The van der Waals surface area contributed by atoms with Crippen molar-refractivity contribution in [2.75, 3.05) is 0 Å². The summed E-state index contributed by atoms with van der Waals surface area (Å²) in [6, 6.07) is 3.09. The molecule has 112 valence electrons. The molecule has 1 saturated carbocycles. The second kappa shape index (κ2) is 5.72. The van der Waals surface area contributed by atoms with E-state index < -0.39 is 17.6 Å². The number of hydrogen-bond acceptors (Lipinski definition) is 1. The molecule has 2 rings (SSSR count). The summed E-state index contributed by atoms with van der Waals surface area (Å²) in [5.41, 5.74) is -0.783. The first-order valence-corrected chi connectivity index (χ1v) is 6.88. The van der Waals surface area contributed by atoms with Crippen molar-refractivity contribution in [3.8, 4) is 0 Å². The Morgan fingerprint density at radius 2 is 1.90 bits per heavy atom. The number of hydrogen-bond donors (Lipinski definition) is 1. The van der Waals surface area contributed by atoms with Gasteiger partial charge in [-0.05, 0) is 42.4 Å². The van der Waals surface area contributed by atoms with E-state index in [-0.39, 0.29) is 18.2 Å². The number of rotatable bonds is 3. The summed E-state index contributed by atoms with van der Waals surface area (Å²) in [5, 5.41) is 3.19. The highest BCUT2D eigenvalue weighted by Crippen LogP contribution is 2.34. The summed E-state index contributed by atoms with van der Waals surface area (Å²) < 4.78 is 51.6. The van der Waals surface area contributed by atoms with Crippen molar-refractivity contribution in [1.29, 1.82) is 0 Å². The van der Waals surface area contributed by atoms with Crippen molar-refractivity contribution in [3.63, 3.8) is 0 Å². The zero-order chi connectivity index (χ0) is 14.9. The monoisotopic (exact) mass is 289 g/mol. The van der Waals surface area contributed by atoms with Gasteiger partial charge < -0.3 is 5.32 Å². The van der Waals surface area contributed by atoms with Gasteiger partial charge >= 0.3 is 6.18 Å². The lowest BCUT2D eigenvalue weighted by Gasteiger charge is -2.21. The molecule has 1 aliphatic carbocycles. The number of benzene rings is 1. The Morgan fingerprint density at radius 1 is 1.20 bits per heavy atom. The van der Waals surface area contributed by atoms with Gasteiger partial charge in [-0.1, -0.05) is 19.9 Å². The molecular formula is C15H19F4N. The average molecular weight is 289 g/mol. The quantitative estimate of drug-likeness (QED) is 0.815. The molecule has 20 heavy (non-hydrogen) atoms. The van der Waals surface area contributed by atoms with Gasteiger partial charge in [0.2, 0.25) is 0 Å². The van der Waals surface area contributed by atoms with Crippen LogP contribution in [-0.2, 0) is 12.7 Å². The lowest BCUT2D eigenvalue weighted by molar-refractivity contribution is -0.138. The van der Waals surface area contributed by atoms with Gasteiger partial charge in [0.25, 0.3) is 0 Å². The van der Waals surface area contributed by atoms with E-state index in [1.165, 1.54) is 6.07 Å². The van der Waals surface area contributed by atoms with Crippen LogP contribution in [0, 0.1) is 17.7 Å². The molecule has 0 heterocycles. The Hall–Kier alpha value is -1.10. The second-order valence-corrected chi connectivity index (χ2v) is 5.70. The summed E-state index contributed by atoms with van der Waals surface area (Å²) in [6.45, 7) is 4.40. The van der Waals surface area contributed by atoms with Crippen LogP contribution >= 0.6 is 0 Å². The molecule has 0 saturated heterocycles. The van der Waals surface area contributed by atoms with Crippen molar-refractivity contribution in [2.24, 2.45) is 11.8 Å². The maximum Gasteiger partial charge on any atom is 0.416 e. The molecule has 0 aliphatic heterocycles. The Labute approximate surface area is 116 Å². The predicted octanol–water partition coefficient (Wildman–Crippen LogP) is 4.37. The highest BCUT2D eigenvalue weighted by Gasteiger charge is 2.34. The second-order valence-electron chi connectivity index (χ2n) is 5.70. The topological polar surface area (TPSA) is 12.0 Å². The van der Waals surface area contributed by atoms with Gasteiger partial charge in [-0.15, -0.1) is 0 Å². The van der Waals surface area contributed by atoms with Crippen LogP contribution in [0.2, 0.25) is 0 Å². The van der Waals surface area contributed by atoms with E-state index in [1.807, 2.05) is 0 Å². The first-order valence-electron chi connectivity index (χ1n) is 6.88. The average Bonchev–Trinajstić information content (AvgIpc) is 2.67. The first kappa shape index (κ1) is 15.3. The van der Waals surface area contributed by atoms with E-state index in [1.54, 1.807) is 0 Å². The molecule has 1 aromatic rings. The third-order valence-corrected chi connectivity index (χ3v) is 4.40. The summed E-state index contributed by atoms with van der Waals surface area (Å²) >= 11 is 0. The highest BCUT2D eigenvalue weighted by molar-refractivity contribution is 5.30. The number of halogens is 4. The van der Waals surface area contributed by atoms with Gasteiger partial charge in [0.15, 0.2) is 0 Å². The van der Waals surface area contributed by atoms with E-state index in [0.717, 1.165) is 18.9 Å². The molecule has 0 spiro atoms. The lowest BCUT2D eigenvalue weighted by atomic mass is 9.97. The van der Waals surface area contributed by atoms with Gasteiger partial charge in [-0.2, -0.15) is 13.2 Å². The van der Waals surface area contributed by atoms with Gasteiger partial charge in [0.1, 0.15) is 5.82 Å². The summed E-state index contributed by atoms with van der Waals surface area (Å²) in [4.78, 5) is 0. The van der Waals surface area contributed by atoms with Crippen LogP contribution in [0.3, 0.4) is 0 Å². The third kappa shape index (κ3) is 3.32. The van der Waals surface area contributed by atoms with Crippen LogP contribution in [0.4, 0.5) is 17.6 Å². The van der Waals surface area contributed by atoms with Crippen molar-refractivity contribution in [1.82, 2.24) is 5.32 Å².